The fraction of sp³-hybridized carbons (Fsp3) is 0.667. The molecule has 0 spiro atoms. The molecule has 1 amide bonds. The second-order valence-electron chi connectivity index (χ2n) is 6.08. The molecule has 1 aromatic heterocycles. The van der Waals surface area contributed by atoms with Crippen molar-refractivity contribution < 1.29 is 14.3 Å². The second kappa shape index (κ2) is 11.0. The number of rotatable bonds is 10. The molecule has 0 radical (unpaired) electrons. The lowest BCUT2D eigenvalue weighted by molar-refractivity contribution is 0.0939. The lowest BCUT2D eigenvalue weighted by atomic mass is 10.2. The van der Waals surface area contributed by atoms with Crippen LogP contribution >= 0.6 is 0 Å². The van der Waals surface area contributed by atoms with Crippen LogP contribution in [-0.4, -0.2) is 86.8 Å². The van der Waals surface area contributed by atoms with Gasteiger partial charge in [0.15, 0.2) is 0 Å². The first-order valence-electron chi connectivity index (χ1n) is 9.04. The van der Waals surface area contributed by atoms with E-state index in [-0.39, 0.29) is 5.91 Å². The zero-order valence-corrected chi connectivity index (χ0v) is 15.4. The maximum Gasteiger partial charge on any atom is 0.256 e. The number of piperazine rings is 1. The molecule has 0 bridgehead atoms. The summed E-state index contributed by atoms with van der Waals surface area (Å²) in [7, 11) is 1.61. The smallest absolute Gasteiger partial charge is 0.256 e. The Balaban J connectivity index is 1.70. The molecule has 1 aromatic rings. The highest BCUT2D eigenvalue weighted by Gasteiger charge is 2.16. The molecule has 2 heterocycles. The zero-order valence-electron chi connectivity index (χ0n) is 15.4. The molecule has 1 aliphatic rings. The summed E-state index contributed by atoms with van der Waals surface area (Å²) < 4.78 is 10.5. The highest BCUT2D eigenvalue weighted by molar-refractivity contribution is 5.96. The number of carbonyl (C=O) groups excluding carboxylic acids is 1. The predicted octanol–water partition coefficient (Wildman–Crippen LogP) is 0.864. The topological polar surface area (TPSA) is 66.9 Å². The normalized spacial score (nSPS) is 15.9. The van der Waals surface area contributed by atoms with Gasteiger partial charge in [0.1, 0.15) is 12.2 Å². The minimum atomic E-state index is -0.142. The largest absolute Gasteiger partial charge is 0.475 e. The van der Waals surface area contributed by atoms with Gasteiger partial charge in [-0.25, -0.2) is 4.98 Å². The number of ether oxygens (including phenoxy) is 2. The van der Waals surface area contributed by atoms with Gasteiger partial charge in [-0.3, -0.25) is 4.79 Å². The Morgan fingerprint density at radius 3 is 2.72 bits per heavy atom. The Labute approximate surface area is 150 Å². The van der Waals surface area contributed by atoms with E-state index >= 15 is 0 Å². The van der Waals surface area contributed by atoms with E-state index in [4.69, 9.17) is 9.47 Å². The number of hydrogen-bond acceptors (Lipinski definition) is 6. The van der Waals surface area contributed by atoms with Crippen molar-refractivity contribution in [1.29, 1.82) is 0 Å². The molecule has 1 N–H and O–H groups in total. The average molecular weight is 350 g/mol. The molecule has 0 saturated carbocycles. The minimum Gasteiger partial charge on any atom is -0.475 e. The summed E-state index contributed by atoms with van der Waals surface area (Å²) in [4.78, 5) is 21.4. The minimum absolute atomic E-state index is 0.142. The Morgan fingerprint density at radius 2 is 2.00 bits per heavy atom. The Kier molecular flexibility index (Phi) is 8.65. The van der Waals surface area contributed by atoms with Crippen molar-refractivity contribution in [2.45, 2.75) is 13.3 Å². The van der Waals surface area contributed by atoms with Gasteiger partial charge < -0.3 is 24.6 Å². The lowest BCUT2D eigenvalue weighted by Crippen LogP contribution is -2.46. The van der Waals surface area contributed by atoms with Crippen LogP contribution in [0.25, 0.3) is 0 Å². The van der Waals surface area contributed by atoms with Crippen LogP contribution in [0.5, 0.6) is 5.88 Å². The average Bonchev–Trinajstić information content (AvgIpc) is 2.66. The van der Waals surface area contributed by atoms with E-state index in [0.29, 0.717) is 31.2 Å². The van der Waals surface area contributed by atoms with Crippen molar-refractivity contribution >= 4 is 5.91 Å². The number of pyridine rings is 1. The van der Waals surface area contributed by atoms with Gasteiger partial charge in [0, 0.05) is 46.0 Å². The van der Waals surface area contributed by atoms with E-state index < -0.39 is 0 Å². The SMILES string of the molecule is CCN1CCN(CCCNC(=O)c2cccnc2OCCOC)CC1. The molecule has 1 fully saturated rings. The monoisotopic (exact) mass is 350 g/mol. The number of nitrogens with one attached hydrogen (secondary N) is 1. The maximum absolute atomic E-state index is 12.3. The van der Waals surface area contributed by atoms with Gasteiger partial charge in [-0.05, 0) is 31.6 Å². The quantitative estimate of drug-likeness (QED) is 0.632. The van der Waals surface area contributed by atoms with Gasteiger partial charge in [0.05, 0.1) is 6.61 Å². The third-order valence-corrected chi connectivity index (χ3v) is 4.39. The number of amides is 1. The summed E-state index contributed by atoms with van der Waals surface area (Å²) in [6, 6.07) is 3.47. The number of methoxy groups -OCH3 is 1. The lowest BCUT2D eigenvalue weighted by Gasteiger charge is -2.33. The van der Waals surface area contributed by atoms with Crippen molar-refractivity contribution in [1.82, 2.24) is 20.1 Å². The maximum atomic E-state index is 12.3. The molecular formula is C18H30N4O3. The van der Waals surface area contributed by atoms with E-state index in [0.717, 1.165) is 45.7 Å². The van der Waals surface area contributed by atoms with Gasteiger partial charge in [-0.2, -0.15) is 0 Å². The summed E-state index contributed by atoms with van der Waals surface area (Å²) in [5, 5.41) is 2.96. The summed E-state index contributed by atoms with van der Waals surface area (Å²) in [6.07, 6.45) is 2.56. The number of hydrogen-bond donors (Lipinski definition) is 1. The number of nitrogens with zero attached hydrogens (tertiary/aromatic N) is 3. The van der Waals surface area contributed by atoms with Gasteiger partial charge in [-0.1, -0.05) is 6.92 Å². The standard InChI is InChI=1S/C18H30N4O3/c1-3-21-10-12-22(13-11-21)9-5-8-19-17(23)16-6-4-7-20-18(16)25-15-14-24-2/h4,6-7H,3,5,8-15H2,1-2H3,(H,19,23). The Hall–Kier alpha value is -1.70. The van der Waals surface area contributed by atoms with Crippen molar-refractivity contribution in [2.75, 3.05) is 66.1 Å². The van der Waals surface area contributed by atoms with Crippen LogP contribution in [0, 0.1) is 0 Å². The number of likely N-dealkylation sites (N-methyl/N-ethyl adjacent to an activating group) is 1. The van der Waals surface area contributed by atoms with Crippen LogP contribution in [0.4, 0.5) is 0 Å². The van der Waals surface area contributed by atoms with Gasteiger partial charge in [-0.15, -0.1) is 0 Å². The molecule has 0 aliphatic carbocycles. The van der Waals surface area contributed by atoms with E-state index in [1.54, 1.807) is 25.4 Å². The third-order valence-electron chi connectivity index (χ3n) is 4.39. The molecule has 0 aromatic carbocycles. The second-order valence-corrected chi connectivity index (χ2v) is 6.08. The van der Waals surface area contributed by atoms with E-state index in [1.165, 1.54) is 0 Å². The predicted molar refractivity (Wildman–Crippen MR) is 97.1 cm³/mol. The van der Waals surface area contributed by atoms with Crippen LogP contribution in [0.1, 0.15) is 23.7 Å². The van der Waals surface area contributed by atoms with E-state index in [2.05, 4.69) is 27.0 Å². The van der Waals surface area contributed by atoms with Crippen LogP contribution < -0.4 is 10.1 Å². The highest BCUT2D eigenvalue weighted by Crippen LogP contribution is 2.14. The molecule has 0 unspecified atom stereocenters. The van der Waals surface area contributed by atoms with Crippen molar-refractivity contribution in [3.05, 3.63) is 23.9 Å². The molecular weight excluding hydrogens is 320 g/mol. The number of aromatic nitrogens is 1. The van der Waals surface area contributed by atoms with Crippen molar-refractivity contribution in [3.63, 3.8) is 0 Å². The molecule has 25 heavy (non-hydrogen) atoms. The molecule has 7 heteroatoms. The Bertz CT molecular complexity index is 519. The fourth-order valence-corrected chi connectivity index (χ4v) is 2.83. The summed E-state index contributed by atoms with van der Waals surface area (Å²) in [5.41, 5.74) is 0.468. The molecule has 1 saturated heterocycles. The van der Waals surface area contributed by atoms with Crippen molar-refractivity contribution in [3.8, 4) is 5.88 Å². The van der Waals surface area contributed by atoms with Crippen LogP contribution in [0.2, 0.25) is 0 Å². The molecule has 140 valence electrons. The van der Waals surface area contributed by atoms with Crippen LogP contribution in [-0.2, 0) is 4.74 Å². The van der Waals surface area contributed by atoms with Crippen LogP contribution in [0.15, 0.2) is 18.3 Å². The zero-order chi connectivity index (χ0) is 17.9. The first-order chi connectivity index (χ1) is 12.2. The fourth-order valence-electron chi connectivity index (χ4n) is 2.83. The summed E-state index contributed by atoms with van der Waals surface area (Å²) >= 11 is 0. The first-order valence-corrected chi connectivity index (χ1v) is 9.04. The Morgan fingerprint density at radius 1 is 1.24 bits per heavy atom. The first kappa shape index (κ1) is 19.6. The molecule has 2 rings (SSSR count). The van der Waals surface area contributed by atoms with Crippen molar-refractivity contribution in [2.24, 2.45) is 0 Å². The highest BCUT2D eigenvalue weighted by atomic mass is 16.5. The van der Waals surface area contributed by atoms with Gasteiger partial charge in [0.25, 0.3) is 5.91 Å². The number of carbonyl (C=O) groups is 1. The van der Waals surface area contributed by atoms with E-state index in [1.807, 2.05) is 0 Å². The molecule has 0 atom stereocenters. The third kappa shape index (κ3) is 6.61. The van der Waals surface area contributed by atoms with E-state index in [9.17, 15) is 4.79 Å². The van der Waals surface area contributed by atoms with Gasteiger partial charge >= 0.3 is 0 Å². The van der Waals surface area contributed by atoms with Crippen LogP contribution in [0.3, 0.4) is 0 Å². The summed E-state index contributed by atoms with van der Waals surface area (Å²) in [5.74, 6) is 0.212. The van der Waals surface area contributed by atoms with Gasteiger partial charge in [0.2, 0.25) is 5.88 Å². The summed E-state index contributed by atoms with van der Waals surface area (Å²) in [6.45, 7) is 10.3. The molecule has 1 aliphatic heterocycles. The molecule has 7 nitrogen and oxygen atoms in total.